The van der Waals surface area contributed by atoms with E-state index in [2.05, 4.69) is 28.7 Å². The molecule has 0 bridgehead atoms. The summed E-state index contributed by atoms with van der Waals surface area (Å²) in [4.78, 5) is 21.2. The molecule has 4 nitrogen and oxygen atoms in total. The molecule has 134 valence electrons. The van der Waals surface area contributed by atoms with Gasteiger partial charge in [-0.25, -0.2) is 4.98 Å². The zero-order valence-corrected chi connectivity index (χ0v) is 15.7. The molecule has 2 aromatic carbocycles. The molecule has 3 aromatic rings. The maximum Gasteiger partial charge on any atom is 0.231 e. The van der Waals surface area contributed by atoms with Gasteiger partial charge in [-0.1, -0.05) is 42.5 Å². The third kappa shape index (κ3) is 3.23. The summed E-state index contributed by atoms with van der Waals surface area (Å²) in [7, 11) is 0. The number of nitrogens with one attached hydrogen (secondary N) is 2. The number of hydrogen-bond acceptors (Lipinski definition) is 3. The van der Waals surface area contributed by atoms with Gasteiger partial charge in [0.25, 0.3) is 0 Å². The largest absolute Gasteiger partial charge is 0.345 e. The molecule has 1 atom stereocenters. The van der Waals surface area contributed by atoms with Gasteiger partial charge in [0.1, 0.15) is 5.82 Å². The third-order valence-electron chi connectivity index (χ3n) is 5.16. The van der Waals surface area contributed by atoms with E-state index < -0.39 is 0 Å². The minimum Gasteiger partial charge on any atom is -0.345 e. The topological polar surface area (TPSA) is 57.8 Å². The van der Waals surface area contributed by atoms with Crippen LogP contribution in [-0.2, 0) is 10.2 Å². The number of carbonyl (C=O) groups excluding carboxylic acids is 1. The highest BCUT2D eigenvalue weighted by Crippen LogP contribution is 2.48. The minimum absolute atomic E-state index is 0.0939. The fourth-order valence-electron chi connectivity index (χ4n) is 3.48. The molecule has 1 aromatic heterocycles. The zero-order chi connectivity index (χ0) is 18.0. The Bertz CT molecular complexity index is 869. The molecule has 0 saturated heterocycles. The van der Waals surface area contributed by atoms with Crippen molar-refractivity contribution in [3.05, 3.63) is 66.0 Å². The Morgan fingerprint density at radius 2 is 1.92 bits per heavy atom. The summed E-state index contributed by atoms with van der Waals surface area (Å²) < 4.78 is 0. The van der Waals surface area contributed by atoms with Crippen LogP contribution < -0.4 is 5.32 Å². The van der Waals surface area contributed by atoms with Crippen molar-refractivity contribution in [2.24, 2.45) is 0 Å². The Balaban J connectivity index is 1.58. The lowest BCUT2D eigenvalue weighted by Gasteiger charge is -2.21. The molecule has 1 saturated carbocycles. The molecule has 1 amide bonds. The number of aromatic nitrogens is 2. The second-order valence-corrected chi connectivity index (χ2v) is 7.88. The number of amides is 1. The summed E-state index contributed by atoms with van der Waals surface area (Å²) in [5.74, 6) is 1.94. The second-order valence-electron chi connectivity index (χ2n) is 6.89. The number of para-hydroxylation sites is 2. The highest BCUT2D eigenvalue weighted by molar-refractivity contribution is 7.98. The summed E-state index contributed by atoms with van der Waals surface area (Å²) in [6.45, 7) is 0. The maximum atomic E-state index is 13.1. The van der Waals surface area contributed by atoms with Gasteiger partial charge in [0.2, 0.25) is 5.91 Å². The fraction of sp³-hybridized carbons (Fsp3) is 0.333. The van der Waals surface area contributed by atoms with Crippen molar-refractivity contribution >= 4 is 28.7 Å². The number of rotatable bonds is 7. The number of benzene rings is 2. The van der Waals surface area contributed by atoms with Gasteiger partial charge in [-0.2, -0.15) is 11.8 Å². The van der Waals surface area contributed by atoms with Crippen molar-refractivity contribution < 1.29 is 4.79 Å². The number of fused-ring (bicyclic) bond motifs is 1. The van der Waals surface area contributed by atoms with Crippen LogP contribution in [0.15, 0.2) is 54.6 Å². The molecular weight excluding hydrogens is 342 g/mol. The molecule has 1 aliphatic carbocycles. The summed E-state index contributed by atoms with van der Waals surface area (Å²) in [5.41, 5.74) is 2.71. The Labute approximate surface area is 157 Å². The quantitative estimate of drug-likeness (QED) is 0.659. The van der Waals surface area contributed by atoms with Crippen LogP contribution in [0.5, 0.6) is 0 Å². The zero-order valence-electron chi connectivity index (χ0n) is 14.9. The summed E-state index contributed by atoms with van der Waals surface area (Å²) in [6, 6.07) is 18.0. The van der Waals surface area contributed by atoms with Crippen LogP contribution in [0, 0.1) is 0 Å². The third-order valence-corrected chi connectivity index (χ3v) is 5.81. The lowest BCUT2D eigenvalue weighted by Crippen LogP contribution is -2.38. The van der Waals surface area contributed by atoms with Crippen molar-refractivity contribution in [3.8, 4) is 0 Å². The van der Waals surface area contributed by atoms with Crippen LogP contribution in [0.2, 0.25) is 0 Å². The van der Waals surface area contributed by atoms with Crippen LogP contribution in [0.3, 0.4) is 0 Å². The number of thioether (sulfide) groups is 1. The lowest BCUT2D eigenvalue weighted by molar-refractivity contribution is -0.124. The van der Waals surface area contributed by atoms with Crippen molar-refractivity contribution in [1.82, 2.24) is 15.3 Å². The molecular formula is C21H23N3OS. The smallest absolute Gasteiger partial charge is 0.231 e. The van der Waals surface area contributed by atoms with Crippen LogP contribution in [-0.4, -0.2) is 27.9 Å². The van der Waals surface area contributed by atoms with E-state index in [0.717, 1.165) is 47.4 Å². The highest BCUT2D eigenvalue weighted by Gasteiger charge is 2.51. The molecule has 1 aliphatic rings. The van der Waals surface area contributed by atoms with Crippen LogP contribution >= 0.6 is 11.8 Å². The number of hydrogen-bond donors (Lipinski definition) is 2. The molecule has 0 spiro atoms. The predicted molar refractivity (Wildman–Crippen MR) is 107 cm³/mol. The summed E-state index contributed by atoms with van der Waals surface area (Å²) in [5, 5.41) is 3.28. The van der Waals surface area contributed by atoms with Gasteiger partial charge in [0.15, 0.2) is 0 Å². The normalized spacial score (nSPS) is 16.3. The Hall–Kier alpha value is -2.27. The van der Waals surface area contributed by atoms with E-state index in [9.17, 15) is 4.79 Å². The Kier molecular flexibility index (Phi) is 4.72. The van der Waals surface area contributed by atoms with E-state index in [1.807, 2.05) is 42.5 Å². The van der Waals surface area contributed by atoms with E-state index in [4.69, 9.17) is 4.98 Å². The molecule has 1 heterocycles. The van der Waals surface area contributed by atoms with Crippen molar-refractivity contribution in [2.75, 3.05) is 12.0 Å². The van der Waals surface area contributed by atoms with E-state index in [1.54, 1.807) is 11.8 Å². The van der Waals surface area contributed by atoms with Gasteiger partial charge < -0.3 is 10.3 Å². The number of aromatic amines is 1. The van der Waals surface area contributed by atoms with E-state index in [1.165, 1.54) is 0 Å². The Morgan fingerprint density at radius 1 is 1.19 bits per heavy atom. The molecule has 4 rings (SSSR count). The molecule has 26 heavy (non-hydrogen) atoms. The van der Waals surface area contributed by atoms with Crippen molar-refractivity contribution in [2.45, 2.75) is 30.7 Å². The first-order valence-corrected chi connectivity index (χ1v) is 10.4. The summed E-state index contributed by atoms with van der Waals surface area (Å²) in [6.07, 6.45) is 4.78. The van der Waals surface area contributed by atoms with E-state index in [-0.39, 0.29) is 17.4 Å². The number of nitrogens with zero attached hydrogens (tertiary/aromatic N) is 1. The molecule has 0 radical (unpaired) electrons. The first-order chi connectivity index (χ1) is 12.7. The average Bonchev–Trinajstić information content (AvgIpc) is 3.38. The monoisotopic (exact) mass is 365 g/mol. The number of imidazole rings is 1. The Morgan fingerprint density at radius 3 is 2.62 bits per heavy atom. The molecule has 0 unspecified atom stereocenters. The molecule has 2 N–H and O–H groups in total. The van der Waals surface area contributed by atoms with Gasteiger partial charge in [0.05, 0.1) is 22.5 Å². The summed E-state index contributed by atoms with van der Waals surface area (Å²) >= 11 is 1.79. The highest BCUT2D eigenvalue weighted by atomic mass is 32.2. The van der Waals surface area contributed by atoms with Gasteiger partial charge in [0, 0.05) is 0 Å². The van der Waals surface area contributed by atoms with Gasteiger partial charge >= 0.3 is 0 Å². The standard InChI is InChI=1S/C21H23N3OS/c1-26-14-11-18(19-22-16-9-5-6-10-17(16)23-19)24-20(25)21(12-13-21)15-7-3-2-4-8-15/h2-10,18H,11-14H2,1H3,(H,22,23)(H,24,25)/t18-/m0/s1. The van der Waals surface area contributed by atoms with Gasteiger partial charge in [-0.3, -0.25) is 4.79 Å². The number of carbonyl (C=O) groups is 1. The fourth-order valence-corrected chi connectivity index (χ4v) is 3.95. The van der Waals surface area contributed by atoms with Crippen LogP contribution in [0.4, 0.5) is 0 Å². The van der Waals surface area contributed by atoms with Crippen molar-refractivity contribution in [3.63, 3.8) is 0 Å². The first-order valence-electron chi connectivity index (χ1n) is 9.03. The van der Waals surface area contributed by atoms with E-state index in [0.29, 0.717) is 0 Å². The molecule has 0 aliphatic heterocycles. The number of H-pyrrole nitrogens is 1. The lowest BCUT2D eigenvalue weighted by atomic mass is 9.94. The predicted octanol–water partition coefficient (Wildman–Crippen LogP) is 4.21. The SMILES string of the molecule is CSCC[C@H](NC(=O)C1(c2ccccc2)CC1)c1nc2ccccc2[nH]1. The van der Waals surface area contributed by atoms with Gasteiger partial charge in [-0.05, 0) is 49.0 Å². The second kappa shape index (κ2) is 7.16. The van der Waals surface area contributed by atoms with Crippen LogP contribution in [0.1, 0.15) is 36.7 Å². The van der Waals surface area contributed by atoms with Crippen molar-refractivity contribution in [1.29, 1.82) is 0 Å². The minimum atomic E-state index is -0.356. The maximum absolute atomic E-state index is 13.1. The van der Waals surface area contributed by atoms with E-state index >= 15 is 0 Å². The molecule has 5 heteroatoms. The van der Waals surface area contributed by atoms with Crippen LogP contribution in [0.25, 0.3) is 11.0 Å². The van der Waals surface area contributed by atoms with Gasteiger partial charge in [-0.15, -0.1) is 0 Å². The molecule has 1 fully saturated rings. The first kappa shape index (κ1) is 17.2. The average molecular weight is 366 g/mol.